The molecule has 1 amide bonds. The Labute approximate surface area is 100 Å². The zero-order valence-corrected chi connectivity index (χ0v) is 10.4. The molecular weight excluding hydrogens is 214 g/mol. The molecule has 0 fully saturated rings. The second-order valence-electron chi connectivity index (χ2n) is 4.66. The molecule has 2 N–H and O–H groups in total. The number of amides is 1. The molecule has 0 saturated heterocycles. The highest BCUT2D eigenvalue weighted by molar-refractivity contribution is 5.97. The minimum absolute atomic E-state index is 0.0344. The molecule has 2 rings (SSSR count). The SMILES string of the molecule is Cc1nc2ccc(C(=O)NCC(C)C)cc2[nH]1. The van der Waals surface area contributed by atoms with Gasteiger partial charge in [-0.2, -0.15) is 0 Å². The Morgan fingerprint density at radius 2 is 2.24 bits per heavy atom. The molecule has 0 saturated carbocycles. The van der Waals surface area contributed by atoms with E-state index in [0.717, 1.165) is 16.9 Å². The van der Waals surface area contributed by atoms with Crippen LogP contribution in [0.2, 0.25) is 0 Å². The lowest BCUT2D eigenvalue weighted by Crippen LogP contribution is -2.27. The van der Waals surface area contributed by atoms with Crippen LogP contribution >= 0.6 is 0 Å². The van der Waals surface area contributed by atoms with E-state index in [9.17, 15) is 4.79 Å². The van der Waals surface area contributed by atoms with Gasteiger partial charge in [-0.1, -0.05) is 13.8 Å². The van der Waals surface area contributed by atoms with Crippen molar-refractivity contribution >= 4 is 16.9 Å². The van der Waals surface area contributed by atoms with E-state index in [4.69, 9.17) is 0 Å². The van der Waals surface area contributed by atoms with Crippen LogP contribution in [0.4, 0.5) is 0 Å². The number of imidazole rings is 1. The summed E-state index contributed by atoms with van der Waals surface area (Å²) in [5, 5.41) is 2.90. The van der Waals surface area contributed by atoms with Gasteiger partial charge in [0.1, 0.15) is 5.82 Å². The smallest absolute Gasteiger partial charge is 0.251 e. The number of fused-ring (bicyclic) bond motifs is 1. The monoisotopic (exact) mass is 231 g/mol. The van der Waals surface area contributed by atoms with Gasteiger partial charge in [0.15, 0.2) is 0 Å². The summed E-state index contributed by atoms with van der Waals surface area (Å²) in [6.07, 6.45) is 0. The number of H-pyrrole nitrogens is 1. The summed E-state index contributed by atoms with van der Waals surface area (Å²) in [6.45, 7) is 6.74. The maximum absolute atomic E-state index is 11.9. The number of aryl methyl sites for hydroxylation is 1. The van der Waals surface area contributed by atoms with Gasteiger partial charge in [0.2, 0.25) is 0 Å². The summed E-state index contributed by atoms with van der Waals surface area (Å²) < 4.78 is 0. The first kappa shape index (κ1) is 11.6. The summed E-state index contributed by atoms with van der Waals surface area (Å²) in [4.78, 5) is 19.3. The van der Waals surface area contributed by atoms with Crippen molar-refractivity contribution in [3.63, 3.8) is 0 Å². The van der Waals surface area contributed by atoms with Gasteiger partial charge in [-0.3, -0.25) is 4.79 Å². The number of nitrogens with one attached hydrogen (secondary N) is 2. The Morgan fingerprint density at radius 1 is 1.47 bits per heavy atom. The molecule has 0 unspecified atom stereocenters. The summed E-state index contributed by atoms with van der Waals surface area (Å²) >= 11 is 0. The van der Waals surface area contributed by atoms with Crippen LogP contribution in [0.3, 0.4) is 0 Å². The predicted octanol–water partition coefficient (Wildman–Crippen LogP) is 2.26. The third-order valence-corrected chi connectivity index (χ3v) is 2.53. The lowest BCUT2D eigenvalue weighted by atomic mass is 10.1. The standard InChI is InChI=1S/C13H17N3O/c1-8(2)7-14-13(17)10-4-5-11-12(6-10)16-9(3)15-11/h4-6,8H,7H2,1-3H3,(H,14,17)(H,15,16). The molecule has 0 radical (unpaired) electrons. The average molecular weight is 231 g/mol. The van der Waals surface area contributed by atoms with Crippen molar-refractivity contribution in [2.75, 3.05) is 6.54 Å². The number of aromatic amines is 1. The Morgan fingerprint density at radius 3 is 2.94 bits per heavy atom. The quantitative estimate of drug-likeness (QED) is 0.851. The first-order valence-electron chi connectivity index (χ1n) is 5.81. The van der Waals surface area contributed by atoms with Crippen LogP contribution in [-0.4, -0.2) is 22.4 Å². The van der Waals surface area contributed by atoms with Crippen LogP contribution < -0.4 is 5.32 Å². The van der Waals surface area contributed by atoms with E-state index in [1.54, 1.807) is 6.07 Å². The zero-order chi connectivity index (χ0) is 12.4. The highest BCUT2D eigenvalue weighted by Crippen LogP contribution is 2.13. The van der Waals surface area contributed by atoms with Crippen molar-refractivity contribution in [3.8, 4) is 0 Å². The van der Waals surface area contributed by atoms with Crippen molar-refractivity contribution in [2.24, 2.45) is 5.92 Å². The molecule has 1 aromatic heterocycles. The zero-order valence-electron chi connectivity index (χ0n) is 10.4. The number of hydrogen-bond donors (Lipinski definition) is 2. The largest absolute Gasteiger partial charge is 0.352 e. The van der Waals surface area contributed by atoms with Gasteiger partial charge >= 0.3 is 0 Å². The molecule has 2 aromatic rings. The van der Waals surface area contributed by atoms with Gasteiger partial charge in [-0.05, 0) is 31.0 Å². The number of carbonyl (C=O) groups excluding carboxylic acids is 1. The Kier molecular flexibility index (Phi) is 3.13. The number of rotatable bonds is 3. The number of nitrogens with zero attached hydrogens (tertiary/aromatic N) is 1. The molecule has 1 heterocycles. The minimum Gasteiger partial charge on any atom is -0.352 e. The van der Waals surface area contributed by atoms with Gasteiger partial charge in [-0.15, -0.1) is 0 Å². The first-order chi connectivity index (χ1) is 8.06. The number of hydrogen-bond acceptors (Lipinski definition) is 2. The highest BCUT2D eigenvalue weighted by atomic mass is 16.1. The molecule has 4 nitrogen and oxygen atoms in total. The van der Waals surface area contributed by atoms with E-state index in [-0.39, 0.29) is 5.91 Å². The van der Waals surface area contributed by atoms with Crippen LogP contribution in [0.1, 0.15) is 30.0 Å². The normalized spacial score (nSPS) is 11.1. The van der Waals surface area contributed by atoms with Gasteiger partial charge in [-0.25, -0.2) is 4.98 Å². The van der Waals surface area contributed by atoms with E-state index in [0.29, 0.717) is 18.0 Å². The molecule has 0 aliphatic rings. The number of aromatic nitrogens is 2. The number of benzene rings is 1. The molecule has 0 aliphatic carbocycles. The lowest BCUT2D eigenvalue weighted by Gasteiger charge is -2.07. The Balaban J connectivity index is 2.20. The summed E-state index contributed by atoms with van der Waals surface area (Å²) in [7, 11) is 0. The second-order valence-corrected chi connectivity index (χ2v) is 4.66. The van der Waals surface area contributed by atoms with E-state index in [2.05, 4.69) is 29.1 Å². The third-order valence-electron chi connectivity index (χ3n) is 2.53. The molecule has 0 aliphatic heterocycles. The van der Waals surface area contributed by atoms with E-state index in [1.165, 1.54) is 0 Å². The van der Waals surface area contributed by atoms with Gasteiger partial charge in [0.25, 0.3) is 5.91 Å². The topological polar surface area (TPSA) is 57.8 Å². The molecule has 4 heteroatoms. The van der Waals surface area contributed by atoms with Crippen molar-refractivity contribution in [3.05, 3.63) is 29.6 Å². The molecule has 1 aromatic carbocycles. The Bertz CT molecular complexity index is 543. The van der Waals surface area contributed by atoms with Gasteiger partial charge in [0, 0.05) is 12.1 Å². The van der Waals surface area contributed by atoms with Crippen LogP contribution in [0, 0.1) is 12.8 Å². The van der Waals surface area contributed by atoms with Crippen molar-refractivity contribution < 1.29 is 4.79 Å². The predicted molar refractivity (Wildman–Crippen MR) is 68.0 cm³/mol. The van der Waals surface area contributed by atoms with E-state index in [1.807, 2.05) is 19.1 Å². The highest BCUT2D eigenvalue weighted by Gasteiger charge is 2.08. The van der Waals surface area contributed by atoms with Crippen LogP contribution in [0.25, 0.3) is 11.0 Å². The van der Waals surface area contributed by atoms with Crippen molar-refractivity contribution in [1.82, 2.24) is 15.3 Å². The lowest BCUT2D eigenvalue weighted by molar-refractivity contribution is 0.0949. The van der Waals surface area contributed by atoms with Crippen molar-refractivity contribution in [1.29, 1.82) is 0 Å². The molecule has 0 spiro atoms. The van der Waals surface area contributed by atoms with Crippen molar-refractivity contribution in [2.45, 2.75) is 20.8 Å². The molecule has 90 valence electrons. The maximum Gasteiger partial charge on any atom is 0.251 e. The first-order valence-corrected chi connectivity index (χ1v) is 5.81. The fraction of sp³-hybridized carbons (Fsp3) is 0.385. The summed E-state index contributed by atoms with van der Waals surface area (Å²) in [5.74, 6) is 1.28. The van der Waals surface area contributed by atoms with E-state index >= 15 is 0 Å². The Hall–Kier alpha value is -1.84. The molecule has 17 heavy (non-hydrogen) atoms. The molecule has 0 bridgehead atoms. The fourth-order valence-electron chi connectivity index (χ4n) is 1.68. The summed E-state index contributed by atoms with van der Waals surface area (Å²) in [5.41, 5.74) is 2.46. The molecular formula is C13H17N3O. The summed E-state index contributed by atoms with van der Waals surface area (Å²) in [6, 6.07) is 5.51. The van der Waals surface area contributed by atoms with Gasteiger partial charge < -0.3 is 10.3 Å². The van der Waals surface area contributed by atoms with Crippen LogP contribution in [0.15, 0.2) is 18.2 Å². The third kappa shape index (κ3) is 2.64. The fourth-order valence-corrected chi connectivity index (χ4v) is 1.68. The second kappa shape index (κ2) is 4.57. The molecule has 0 atom stereocenters. The maximum atomic E-state index is 11.9. The van der Waals surface area contributed by atoms with Gasteiger partial charge in [0.05, 0.1) is 11.0 Å². The minimum atomic E-state index is -0.0344. The average Bonchev–Trinajstić information content (AvgIpc) is 2.64. The van der Waals surface area contributed by atoms with Crippen LogP contribution in [0.5, 0.6) is 0 Å². The van der Waals surface area contributed by atoms with Crippen LogP contribution in [-0.2, 0) is 0 Å². The number of carbonyl (C=O) groups is 1. The van der Waals surface area contributed by atoms with E-state index < -0.39 is 0 Å².